The number of carbonyl (C=O) groups is 1. The molecule has 3 heteroatoms. The maximum atomic E-state index is 11.9. The molecule has 0 aromatic rings. The lowest BCUT2D eigenvalue weighted by molar-refractivity contribution is -0.142. The molecule has 3 nitrogen and oxygen atoms in total. The van der Waals surface area contributed by atoms with Gasteiger partial charge in [-0.1, -0.05) is 12.8 Å². The van der Waals surface area contributed by atoms with Crippen LogP contribution in [0.3, 0.4) is 0 Å². The molecule has 2 saturated carbocycles. The van der Waals surface area contributed by atoms with E-state index in [0.29, 0.717) is 0 Å². The number of aliphatic hydroxyl groups excluding tert-OH is 1. The van der Waals surface area contributed by atoms with Gasteiger partial charge in [0.1, 0.15) is 0 Å². The second-order valence-corrected chi connectivity index (χ2v) is 4.64. The lowest BCUT2D eigenvalue weighted by atomic mass is 9.87. The third-order valence-corrected chi connectivity index (χ3v) is 3.75. The first kappa shape index (κ1) is 9.97. The fourth-order valence-corrected chi connectivity index (χ4v) is 2.54. The van der Waals surface area contributed by atoms with Crippen LogP contribution in [-0.4, -0.2) is 35.1 Å². The lowest BCUT2D eigenvalue weighted by Crippen LogP contribution is -2.52. The van der Waals surface area contributed by atoms with Gasteiger partial charge >= 0.3 is 0 Å². The lowest BCUT2D eigenvalue weighted by Gasteiger charge is -2.40. The first-order valence-electron chi connectivity index (χ1n) is 5.65. The molecule has 0 aliphatic heterocycles. The van der Waals surface area contributed by atoms with Crippen molar-refractivity contribution in [3.8, 4) is 0 Å². The predicted molar refractivity (Wildman–Crippen MR) is 53.8 cm³/mol. The van der Waals surface area contributed by atoms with E-state index in [-0.39, 0.29) is 24.0 Å². The van der Waals surface area contributed by atoms with Crippen LogP contribution in [-0.2, 0) is 4.79 Å². The maximum Gasteiger partial charge on any atom is 0.225 e. The van der Waals surface area contributed by atoms with Crippen LogP contribution in [0.15, 0.2) is 0 Å². The zero-order chi connectivity index (χ0) is 10.1. The Morgan fingerprint density at radius 3 is 2.29 bits per heavy atom. The zero-order valence-corrected chi connectivity index (χ0v) is 8.78. The number of hydrogen-bond acceptors (Lipinski definition) is 2. The van der Waals surface area contributed by atoms with Crippen molar-refractivity contribution in [1.29, 1.82) is 0 Å². The van der Waals surface area contributed by atoms with Gasteiger partial charge in [0, 0.05) is 13.0 Å². The standard InChI is InChI=1S/C11H19NO2/c1-12(9-6-7-10(9)13)11(14)8-4-2-3-5-8/h8-10,13H,2-7H2,1H3. The van der Waals surface area contributed by atoms with Crippen LogP contribution in [0.5, 0.6) is 0 Å². The molecular formula is C11H19NO2. The average Bonchev–Trinajstić information content (AvgIpc) is 2.67. The van der Waals surface area contributed by atoms with E-state index in [0.717, 1.165) is 25.7 Å². The van der Waals surface area contributed by atoms with Crippen LogP contribution in [0.25, 0.3) is 0 Å². The fraction of sp³-hybridized carbons (Fsp3) is 0.909. The predicted octanol–water partition coefficient (Wildman–Crippen LogP) is 1.16. The summed E-state index contributed by atoms with van der Waals surface area (Å²) in [4.78, 5) is 13.7. The Hall–Kier alpha value is -0.570. The summed E-state index contributed by atoms with van der Waals surface area (Å²) in [6.07, 6.45) is 6.03. The summed E-state index contributed by atoms with van der Waals surface area (Å²) < 4.78 is 0. The molecule has 14 heavy (non-hydrogen) atoms. The van der Waals surface area contributed by atoms with Crippen molar-refractivity contribution < 1.29 is 9.90 Å². The molecule has 0 radical (unpaired) electrons. The van der Waals surface area contributed by atoms with Crippen molar-refractivity contribution in [2.45, 2.75) is 50.7 Å². The summed E-state index contributed by atoms with van der Waals surface area (Å²) in [5, 5.41) is 9.48. The Labute approximate surface area is 85.1 Å². The van der Waals surface area contributed by atoms with Gasteiger partial charge in [0.25, 0.3) is 0 Å². The van der Waals surface area contributed by atoms with Crippen LogP contribution in [0.1, 0.15) is 38.5 Å². The minimum Gasteiger partial charge on any atom is -0.391 e. The summed E-state index contributed by atoms with van der Waals surface area (Å²) in [6, 6.07) is 0.100. The molecule has 2 fully saturated rings. The topological polar surface area (TPSA) is 40.5 Å². The molecule has 2 aliphatic carbocycles. The summed E-state index contributed by atoms with van der Waals surface area (Å²) in [5.74, 6) is 0.499. The molecule has 0 aromatic heterocycles. The van der Waals surface area contributed by atoms with Crippen molar-refractivity contribution >= 4 is 5.91 Å². The maximum absolute atomic E-state index is 11.9. The molecule has 0 spiro atoms. The van der Waals surface area contributed by atoms with Crippen LogP contribution >= 0.6 is 0 Å². The SMILES string of the molecule is CN(C(=O)C1CCCC1)C1CCC1O. The van der Waals surface area contributed by atoms with E-state index in [1.165, 1.54) is 12.8 Å². The summed E-state index contributed by atoms with van der Waals surface area (Å²) >= 11 is 0. The van der Waals surface area contributed by atoms with Crippen LogP contribution in [0.2, 0.25) is 0 Å². The number of nitrogens with zero attached hydrogens (tertiary/aromatic N) is 1. The highest BCUT2D eigenvalue weighted by molar-refractivity contribution is 5.79. The van der Waals surface area contributed by atoms with E-state index < -0.39 is 0 Å². The molecule has 2 unspecified atom stereocenters. The Bertz CT molecular complexity index is 223. The van der Waals surface area contributed by atoms with Crippen LogP contribution in [0.4, 0.5) is 0 Å². The number of likely N-dealkylation sites (N-methyl/N-ethyl adjacent to an activating group) is 1. The number of carbonyl (C=O) groups excluding carboxylic acids is 1. The summed E-state index contributed by atoms with van der Waals surface area (Å²) in [7, 11) is 1.84. The van der Waals surface area contributed by atoms with E-state index in [9.17, 15) is 9.90 Å². The summed E-state index contributed by atoms with van der Waals surface area (Å²) in [5.41, 5.74) is 0. The molecule has 1 N–H and O–H groups in total. The van der Waals surface area contributed by atoms with E-state index in [2.05, 4.69) is 0 Å². The second kappa shape index (κ2) is 3.89. The van der Waals surface area contributed by atoms with Gasteiger partial charge in [-0.2, -0.15) is 0 Å². The molecule has 2 aliphatic rings. The van der Waals surface area contributed by atoms with Crippen LogP contribution < -0.4 is 0 Å². The minimum atomic E-state index is -0.273. The third-order valence-electron chi connectivity index (χ3n) is 3.75. The van der Waals surface area contributed by atoms with Gasteiger partial charge in [-0.15, -0.1) is 0 Å². The number of rotatable bonds is 2. The van der Waals surface area contributed by atoms with E-state index in [4.69, 9.17) is 0 Å². The van der Waals surface area contributed by atoms with Crippen LogP contribution in [0, 0.1) is 5.92 Å². The number of hydrogen-bond donors (Lipinski definition) is 1. The largest absolute Gasteiger partial charge is 0.391 e. The Kier molecular flexibility index (Phi) is 2.77. The van der Waals surface area contributed by atoms with Gasteiger partial charge in [-0.3, -0.25) is 4.79 Å². The Morgan fingerprint density at radius 2 is 1.86 bits per heavy atom. The molecular weight excluding hydrogens is 178 g/mol. The highest BCUT2D eigenvalue weighted by atomic mass is 16.3. The Morgan fingerprint density at radius 1 is 1.21 bits per heavy atom. The van der Waals surface area contributed by atoms with Gasteiger partial charge in [-0.25, -0.2) is 0 Å². The molecule has 2 atom stereocenters. The van der Waals surface area contributed by atoms with Crippen molar-refractivity contribution in [2.24, 2.45) is 5.92 Å². The van der Waals surface area contributed by atoms with Gasteiger partial charge in [0.2, 0.25) is 5.91 Å². The van der Waals surface area contributed by atoms with Gasteiger partial charge in [0.05, 0.1) is 12.1 Å². The third kappa shape index (κ3) is 1.65. The second-order valence-electron chi connectivity index (χ2n) is 4.64. The molecule has 80 valence electrons. The number of aliphatic hydroxyl groups is 1. The average molecular weight is 197 g/mol. The Balaban J connectivity index is 1.89. The molecule has 0 saturated heterocycles. The molecule has 1 amide bonds. The highest BCUT2D eigenvalue weighted by Gasteiger charge is 2.37. The molecule has 0 bridgehead atoms. The number of amides is 1. The smallest absolute Gasteiger partial charge is 0.225 e. The van der Waals surface area contributed by atoms with Crippen molar-refractivity contribution in [3.63, 3.8) is 0 Å². The molecule has 2 rings (SSSR count). The first-order valence-corrected chi connectivity index (χ1v) is 5.65. The van der Waals surface area contributed by atoms with Gasteiger partial charge in [0.15, 0.2) is 0 Å². The van der Waals surface area contributed by atoms with E-state index in [1.54, 1.807) is 4.90 Å². The van der Waals surface area contributed by atoms with Crippen molar-refractivity contribution in [2.75, 3.05) is 7.05 Å². The van der Waals surface area contributed by atoms with Crippen molar-refractivity contribution in [3.05, 3.63) is 0 Å². The van der Waals surface area contributed by atoms with Gasteiger partial charge < -0.3 is 10.0 Å². The zero-order valence-electron chi connectivity index (χ0n) is 8.78. The minimum absolute atomic E-state index is 0.100. The van der Waals surface area contributed by atoms with E-state index in [1.807, 2.05) is 7.05 Å². The monoisotopic (exact) mass is 197 g/mol. The highest BCUT2D eigenvalue weighted by Crippen LogP contribution is 2.30. The van der Waals surface area contributed by atoms with Crippen molar-refractivity contribution in [1.82, 2.24) is 4.90 Å². The van der Waals surface area contributed by atoms with E-state index >= 15 is 0 Å². The summed E-state index contributed by atoms with van der Waals surface area (Å²) in [6.45, 7) is 0. The van der Waals surface area contributed by atoms with Gasteiger partial charge in [-0.05, 0) is 25.7 Å². The normalized spacial score (nSPS) is 32.7. The first-order chi connectivity index (χ1) is 6.70. The molecule has 0 aromatic carbocycles. The fourth-order valence-electron chi connectivity index (χ4n) is 2.54. The molecule has 0 heterocycles. The quantitative estimate of drug-likeness (QED) is 0.721.